The third kappa shape index (κ3) is 5.92. The molecule has 0 fully saturated rings. The Labute approximate surface area is 158 Å². The number of unbranched alkanes of at least 4 members (excludes halogenated alkanes) is 3. The van der Waals surface area contributed by atoms with Crippen LogP contribution in [0.25, 0.3) is 0 Å². The van der Waals surface area contributed by atoms with Gasteiger partial charge in [0, 0.05) is 4.90 Å². The molecule has 26 heavy (non-hydrogen) atoms. The SMILES string of the molecule is CCCCCCOC(=O)c1ccccc1C(=O)Oc1ccc(SC)cc1. The smallest absolute Gasteiger partial charge is 0.344 e. The lowest BCUT2D eigenvalue weighted by Gasteiger charge is -2.10. The Balaban J connectivity index is 2.02. The molecule has 0 N–H and O–H groups in total. The lowest BCUT2D eigenvalue weighted by Crippen LogP contribution is -2.16. The van der Waals surface area contributed by atoms with Crippen LogP contribution in [0.3, 0.4) is 0 Å². The third-order valence-electron chi connectivity index (χ3n) is 3.87. The van der Waals surface area contributed by atoms with Gasteiger partial charge in [-0.25, -0.2) is 9.59 Å². The average Bonchev–Trinajstić information content (AvgIpc) is 2.68. The Morgan fingerprint density at radius 2 is 1.54 bits per heavy atom. The van der Waals surface area contributed by atoms with E-state index in [0.29, 0.717) is 12.4 Å². The maximum Gasteiger partial charge on any atom is 0.344 e. The first kappa shape index (κ1) is 20.0. The third-order valence-corrected chi connectivity index (χ3v) is 4.61. The van der Waals surface area contributed by atoms with Crippen LogP contribution in [0, 0.1) is 0 Å². The van der Waals surface area contributed by atoms with E-state index >= 15 is 0 Å². The molecule has 0 bridgehead atoms. The molecule has 0 aliphatic heterocycles. The molecule has 0 aliphatic rings. The van der Waals surface area contributed by atoms with Gasteiger partial charge in [0.2, 0.25) is 0 Å². The second-order valence-electron chi connectivity index (χ2n) is 5.81. The number of thioether (sulfide) groups is 1. The first-order valence-corrected chi connectivity index (χ1v) is 10.0. The number of carbonyl (C=O) groups excluding carboxylic acids is 2. The number of esters is 2. The van der Waals surface area contributed by atoms with Crippen molar-refractivity contribution < 1.29 is 19.1 Å². The van der Waals surface area contributed by atoms with Gasteiger partial charge in [-0.2, -0.15) is 0 Å². The minimum absolute atomic E-state index is 0.208. The van der Waals surface area contributed by atoms with E-state index in [0.717, 1.165) is 30.6 Å². The van der Waals surface area contributed by atoms with Crippen LogP contribution in [-0.4, -0.2) is 24.8 Å². The molecule has 2 aromatic rings. The van der Waals surface area contributed by atoms with Crippen molar-refractivity contribution in [3.05, 3.63) is 59.7 Å². The Morgan fingerprint density at radius 3 is 2.15 bits per heavy atom. The molecule has 2 rings (SSSR count). The highest BCUT2D eigenvalue weighted by Gasteiger charge is 2.19. The zero-order valence-electron chi connectivity index (χ0n) is 15.2. The van der Waals surface area contributed by atoms with Crippen LogP contribution in [0.15, 0.2) is 53.4 Å². The highest BCUT2D eigenvalue weighted by Crippen LogP contribution is 2.21. The number of hydrogen-bond acceptors (Lipinski definition) is 5. The zero-order valence-corrected chi connectivity index (χ0v) is 16.0. The summed E-state index contributed by atoms with van der Waals surface area (Å²) in [6, 6.07) is 13.8. The van der Waals surface area contributed by atoms with Crippen molar-refractivity contribution >= 4 is 23.7 Å². The first-order valence-electron chi connectivity index (χ1n) is 8.78. The standard InChI is InChI=1S/C21H24O4S/c1-3-4-5-8-15-24-20(22)18-9-6-7-10-19(18)21(23)25-16-11-13-17(26-2)14-12-16/h6-7,9-14H,3-5,8,15H2,1-2H3. The molecule has 0 aromatic heterocycles. The van der Waals surface area contributed by atoms with Gasteiger partial charge in [-0.05, 0) is 49.1 Å². The molecular weight excluding hydrogens is 348 g/mol. The molecule has 0 unspecified atom stereocenters. The maximum atomic E-state index is 12.5. The van der Waals surface area contributed by atoms with Gasteiger partial charge in [-0.3, -0.25) is 0 Å². The summed E-state index contributed by atoms with van der Waals surface area (Å²) >= 11 is 1.61. The van der Waals surface area contributed by atoms with Gasteiger partial charge in [-0.1, -0.05) is 38.3 Å². The Kier molecular flexibility index (Phi) is 8.22. The van der Waals surface area contributed by atoms with E-state index in [-0.39, 0.29) is 11.1 Å². The molecule has 0 amide bonds. The monoisotopic (exact) mass is 372 g/mol. The number of hydrogen-bond donors (Lipinski definition) is 0. The number of rotatable bonds is 9. The van der Waals surface area contributed by atoms with Crippen molar-refractivity contribution in [2.24, 2.45) is 0 Å². The summed E-state index contributed by atoms with van der Waals surface area (Å²) in [4.78, 5) is 25.9. The fraction of sp³-hybridized carbons (Fsp3) is 0.333. The quantitative estimate of drug-likeness (QED) is 0.256. The van der Waals surface area contributed by atoms with E-state index in [1.54, 1.807) is 48.2 Å². The van der Waals surface area contributed by atoms with Crippen molar-refractivity contribution in [1.29, 1.82) is 0 Å². The average molecular weight is 372 g/mol. The first-order chi connectivity index (χ1) is 12.7. The van der Waals surface area contributed by atoms with Crippen molar-refractivity contribution in [2.45, 2.75) is 37.5 Å². The Morgan fingerprint density at radius 1 is 0.885 bits per heavy atom. The molecular formula is C21H24O4S. The summed E-state index contributed by atoms with van der Waals surface area (Å²) in [6.07, 6.45) is 6.08. The zero-order chi connectivity index (χ0) is 18.8. The van der Waals surface area contributed by atoms with E-state index < -0.39 is 11.9 Å². The lowest BCUT2D eigenvalue weighted by molar-refractivity contribution is 0.0489. The number of benzene rings is 2. The molecule has 0 aliphatic carbocycles. The minimum Gasteiger partial charge on any atom is -0.462 e. The fourth-order valence-electron chi connectivity index (χ4n) is 2.42. The predicted molar refractivity (Wildman–Crippen MR) is 104 cm³/mol. The molecule has 2 aromatic carbocycles. The van der Waals surface area contributed by atoms with Crippen LogP contribution in [0.2, 0.25) is 0 Å². The van der Waals surface area contributed by atoms with Crippen molar-refractivity contribution in [3.63, 3.8) is 0 Å². The van der Waals surface area contributed by atoms with E-state index in [4.69, 9.17) is 9.47 Å². The summed E-state index contributed by atoms with van der Waals surface area (Å²) in [5.74, 6) is -0.622. The van der Waals surface area contributed by atoms with Crippen LogP contribution in [0.5, 0.6) is 5.75 Å². The van der Waals surface area contributed by atoms with Crippen LogP contribution < -0.4 is 4.74 Å². The van der Waals surface area contributed by atoms with Gasteiger partial charge in [0.25, 0.3) is 0 Å². The number of carbonyl (C=O) groups is 2. The van der Waals surface area contributed by atoms with Crippen LogP contribution in [-0.2, 0) is 4.74 Å². The van der Waals surface area contributed by atoms with E-state index in [2.05, 4.69) is 6.92 Å². The van der Waals surface area contributed by atoms with E-state index in [1.807, 2.05) is 18.4 Å². The highest BCUT2D eigenvalue weighted by molar-refractivity contribution is 7.98. The largest absolute Gasteiger partial charge is 0.462 e. The summed E-state index contributed by atoms with van der Waals surface area (Å²) in [7, 11) is 0. The van der Waals surface area contributed by atoms with Gasteiger partial charge in [0.05, 0.1) is 17.7 Å². The second-order valence-corrected chi connectivity index (χ2v) is 6.69. The Bertz CT molecular complexity index is 725. The molecule has 0 heterocycles. The maximum absolute atomic E-state index is 12.5. The number of ether oxygens (including phenoxy) is 2. The highest BCUT2D eigenvalue weighted by atomic mass is 32.2. The van der Waals surface area contributed by atoms with Crippen LogP contribution in [0.4, 0.5) is 0 Å². The topological polar surface area (TPSA) is 52.6 Å². The molecule has 5 heteroatoms. The van der Waals surface area contributed by atoms with E-state index in [1.165, 1.54) is 0 Å². The van der Waals surface area contributed by atoms with Gasteiger partial charge < -0.3 is 9.47 Å². The van der Waals surface area contributed by atoms with Crippen LogP contribution in [0.1, 0.15) is 53.3 Å². The Hall–Kier alpha value is -2.27. The normalized spacial score (nSPS) is 10.4. The van der Waals surface area contributed by atoms with Crippen molar-refractivity contribution in [2.75, 3.05) is 12.9 Å². The molecule has 0 saturated carbocycles. The molecule has 4 nitrogen and oxygen atoms in total. The molecule has 0 saturated heterocycles. The molecule has 138 valence electrons. The van der Waals surface area contributed by atoms with Gasteiger partial charge >= 0.3 is 11.9 Å². The second kappa shape index (κ2) is 10.7. The van der Waals surface area contributed by atoms with Crippen molar-refractivity contribution in [3.8, 4) is 5.75 Å². The fourth-order valence-corrected chi connectivity index (χ4v) is 2.82. The minimum atomic E-state index is -0.569. The lowest BCUT2D eigenvalue weighted by atomic mass is 10.1. The van der Waals surface area contributed by atoms with Gasteiger partial charge in [0.15, 0.2) is 0 Å². The van der Waals surface area contributed by atoms with Crippen molar-refractivity contribution in [1.82, 2.24) is 0 Å². The summed E-state index contributed by atoms with van der Waals surface area (Å²) < 4.78 is 10.7. The van der Waals surface area contributed by atoms with Gasteiger partial charge in [0.1, 0.15) is 5.75 Å². The molecule has 0 atom stereocenters. The molecule has 0 spiro atoms. The van der Waals surface area contributed by atoms with E-state index in [9.17, 15) is 9.59 Å². The summed E-state index contributed by atoms with van der Waals surface area (Å²) in [5.41, 5.74) is 0.439. The predicted octanol–water partition coefficient (Wildman–Crippen LogP) is 5.36. The van der Waals surface area contributed by atoms with Gasteiger partial charge in [-0.15, -0.1) is 11.8 Å². The summed E-state index contributed by atoms with van der Waals surface area (Å²) in [6.45, 7) is 2.49. The van der Waals surface area contributed by atoms with Crippen LogP contribution >= 0.6 is 11.8 Å². The summed E-state index contributed by atoms with van der Waals surface area (Å²) in [5, 5.41) is 0. The molecule has 0 radical (unpaired) electrons.